The van der Waals surface area contributed by atoms with E-state index in [0.717, 1.165) is 5.56 Å². The fourth-order valence-corrected chi connectivity index (χ4v) is 2.60. The number of amides is 1. The summed E-state index contributed by atoms with van der Waals surface area (Å²) in [6.07, 6.45) is -0.0350. The Morgan fingerprint density at radius 2 is 1.88 bits per heavy atom. The van der Waals surface area contributed by atoms with Crippen LogP contribution in [0.1, 0.15) is 12.0 Å². The highest BCUT2D eigenvalue weighted by Crippen LogP contribution is 2.24. The van der Waals surface area contributed by atoms with Crippen LogP contribution in [0.3, 0.4) is 0 Å². The van der Waals surface area contributed by atoms with Crippen molar-refractivity contribution in [1.82, 2.24) is 0 Å². The van der Waals surface area contributed by atoms with Gasteiger partial charge in [0.1, 0.15) is 5.25 Å². The average molecular weight is 254 g/mol. The van der Waals surface area contributed by atoms with E-state index in [2.05, 4.69) is 0 Å². The van der Waals surface area contributed by atoms with Crippen molar-refractivity contribution in [2.24, 2.45) is 5.14 Å². The van der Waals surface area contributed by atoms with Gasteiger partial charge in [0.25, 0.3) is 0 Å². The first-order valence-corrected chi connectivity index (χ1v) is 6.87. The molecule has 1 amide bonds. The summed E-state index contributed by atoms with van der Waals surface area (Å²) in [6.45, 7) is 2.09. The SMILES string of the molecule is Cc1ccc(N2CC(S(N)(=O)=O)CC2=O)cc1. The summed E-state index contributed by atoms with van der Waals surface area (Å²) in [5.74, 6) is -0.201. The van der Waals surface area contributed by atoms with Gasteiger partial charge in [-0.1, -0.05) is 17.7 Å². The predicted octanol–water partition coefficient (Wildman–Crippen LogP) is 0.389. The number of nitrogens with zero attached hydrogens (tertiary/aromatic N) is 1. The second kappa shape index (κ2) is 4.12. The zero-order valence-corrected chi connectivity index (χ0v) is 10.3. The summed E-state index contributed by atoms with van der Waals surface area (Å²) in [5.41, 5.74) is 1.80. The lowest BCUT2D eigenvalue weighted by Crippen LogP contribution is -2.32. The smallest absolute Gasteiger partial charge is 0.228 e. The van der Waals surface area contributed by atoms with Crippen LogP contribution in [0.15, 0.2) is 24.3 Å². The van der Waals surface area contributed by atoms with Crippen LogP contribution >= 0.6 is 0 Å². The average Bonchev–Trinajstić information content (AvgIpc) is 2.61. The molecule has 0 spiro atoms. The molecule has 2 rings (SSSR count). The summed E-state index contributed by atoms with van der Waals surface area (Å²) in [6, 6.07) is 7.37. The highest BCUT2D eigenvalue weighted by Gasteiger charge is 2.36. The third-order valence-corrected chi connectivity index (χ3v) is 4.14. The second-order valence-corrected chi connectivity index (χ2v) is 6.10. The Labute approximate surface area is 100 Å². The minimum atomic E-state index is -3.65. The summed E-state index contributed by atoms with van der Waals surface area (Å²) >= 11 is 0. The van der Waals surface area contributed by atoms with Gasteiger partial charge < -0.3 is 4.90 Å². The number of aryl methyl sites for hydroxylation is 1. The van der Waals surface area contributed by atoms with Crippen LogP contribution in [0, 0.1) is 6.92 Å². The monoisotopic (exact) mass is 254 g/mol. The molecular formula is C11H14N2O3S. The van der Waals surface area contributed by atoms with Gasteiger partial charge in [-0.3, -0.25) is 4.79 Å². The zero-order chi connectivity index (χ0) is 12.6. The van der Waals surface area contributed by atoms with Gasteiger partial charge >= 0.3 is 0 Å². The van der Waals surface area contributed by atoms with Gasteiger partial charge in [0, 0.05) is 18.7 Å². The van der Waals surface area contributed by atoms with Gasteiger partial charge in [0.15, 0.2) is 0 Å². The van der Waals surface area contributed by atoms with E-state index in [9.17, 15) is 13.2 Å². The maximum atomic E-state index is 11.7. The first-order valence-electron chi connectivity index (χ1n) is 5.26. The van der Waals surface area contributed by atoms with E-state index in [4.69, 9.17) is 5.14 Å². The van der Waals surface area contributed by atoms with Gasteiger partial charge in [0.2, 0.25) is 15.9 Å². The molecule has 1 saturated heterocycles. The van der Waals surface area contributed by atoms with Crippen LogP contribution < -0.4 is 10.0 Å². The molecule has 0 bridgehead atoms. The van der Waals surface area contributed by atoms with Crippen LogP contribution in [0.5, 0.6) is 0 Å². The van der Waals surface area contributed by atoms with Gasteiger partial charge in [0.05, 0.1) is 0 Å². The van der Waals surface area contributed by atoms with E-state index in [0.29, 0.717) is 5.69 Å². The molecule has 0 radical (unpaired) electrons. The van der Waals surface area contributed by atoms with Gasteiger partial charge in [-0.15, -0.1) is 0 Å². The van der Waals surface area contributed by atoms with Gasteiger partial charge in [-0.05, 0) is 19.1 Å². The van der Waals surface area contributed by atoms with Crippen LogP contribution in [0.2, 0.25) is 0 Å². The number of hydrogen-bond acceptors (Lipinski definition) is 3. The Hall–Kier alpha value is -1.40. The van der Waals surface area contributed by atoms with Crippen molar-refractivity contribution < 1.29 is 13.2 Å². The first-order chi connectivity index (χ1) is 7.88. The Balaban J connectivity index is 2.24. The van der Waals surface area contributed by atoms with Gasteiger partial charge in [-0.2, -0.15) is 0 Å². The lowest BCUT2D eigenvalue weighted by molar-refractivity contribution is -0.117. The normalized spacial score (nSPS) is 20.9. The highest BCUT2D eigenvalue weighted by atomic mass is 32.2. The van der Waals surface area contributed by atoms with Crippen molar-refractivity contribution in [3.05, 3.63) is 29.8 Å². The fraction of sp³-hybridized carbons (Fsp3) is 0.364. The number of sulfonamides is 1. The van der Waals surface area contributed by atoms with Gasteiger partial charge in [-0.25, -0.2) is 13.6 Å². The third kappa shape index (κ3) is 2.48. The summed E-state index contributed by atoms with van der Waals surface area (Å²) in [7, 11) is -3.65. The van der Waals surface area contributed by atoms with Crippen LogP contribution in [-0.4, -0.2) is 26.1 Å². The Morgan fingerprint density at radius 1 is 1.29 bits per heavy atom. The van der Waals surface area contributed by atoms with E-state index < -0.39 is 15.3 Å². The number of anilines is 1. The Morgan fingerprint density at radius 3 is 2.35 bits per heavy atom. The molecule has 2 N–H and O–H groups in total. The van der Waals surface area contributed by atoms with Crippen LogP contribution in [0.25, 0.3) is 0 Å². The number of benzene rings is 1. The lowest BCUT2D eigenvalue weighted by Gasteiger charge is -2.16. The molecule has 1 unspecified atom stereocenters. The fourth-order valence-electron chi connectivity index (χ4n) is 1.87. The molecule has 92 valence electrons. The highest BCUT2D eigenvalue weighted by molar-refractivity contribution is 7.89. The Bertz CT molecular complexity index is 536. The molecule has 1 aromatic rings. The van der Waals surface area contributed by atoms with E-state index in [1.165, 1.54) is 4.90 Å². The maximum absolute atomic E-state index is 11.7. The molecule has 17 heavy (non-hydrogen) atoms. The molecule has 0 saturated carbocycles. The van der Waals surface area contributed by atoms with Crippen molar-refractivity contribution in [2.45, 2.75) is 18.6 Å². The van der Waals surface area contributed by atoms with Crippen molar-refractivity contribution in [1.29, 1.82) is 0 Å². The van der Waals surface area contributed by atoms with Crippen molar-refractivity contribution in [3.63, 3.8) is 0 Å². The number of primary sulfonamides is 1. The maximum Gasteiger partial charge on any atom is 0.228 e. The molecular weight excluding hydrogens is 240 g/mol. The largest absolute Gasteiger partial charge is 0.311 e. The number of carbonyl (C=O) groups excluding carboxylic acids is 1. The summed E-state index contributed by atoms with van der Waals surface area (Å²) < 4.78 is 22.4. The van der Waals surface area contributed by atoms with E-state index in [1.807, 2.05) is 19.1 Å². The predicted molar refractivity (Wildman–Crippen MR) is 65.0 cm³/mol. The zero-order valence-electron chi connectivity index (χ0n) is 9.46. The molecule has 1 fully saturated rings. The molecule has 6 heteroatoms. The van der Waals surface area contributed by atoms with Crippen molar-refractivity contribution in [2.75, 3.05) is 11.4 Å². The summed E-state index contributed by atoms with van der Waals surface area (Å²) in [5, 5.41) is 4.27. The molecule has 5 nitrogen and oxygen atoms in total. The van der Waals surface area contributed by atoms with Crippen molar-refractivity contribution in [3.8, 4) is 0 Å². The molecule has 1 aromatic carbocycles. The molecule has 1 heterocycles. The van der Waals surface area contributed by atoms with Crippen LogP contribution in [0.4, 0.5) is 5.69 Å². The summed E-state index contributed by atoms with van der Waals surface area (Å²) in [4.78, 5) is 13.2. The molecule has 1 aliphatic rings. The number of nitrogens with two attached hydrogens (primary N) is 1. The first kappa shape index (κ1) is 12.1. The van der Waals surface area contributed by atoms with Crippen LogP contribution in [-0.2, 0) is 14.8 Å². The van der Waals surface area contributed by atoms with Crippen molar-refractivity contribution >= 4 is 21.6 Å². The van der Waals surface area contributed by atoms with E-state index >= 15 is 0 Å². The Kier molecular flexibility index (Phi) is 2.92. The topological polar surface area (TPSA) is 80.5 Å². The van der Waals surface area contributed by atoms with E-state index in [1.54, 1.807) is 12.1 Å². The second-order valence-electron chi connectivity index (χ2n) is 4.26. The number of hydrogen-bond donors (Lipinski definition) is 1. The molecule has 1 aliphatic heterocycles. The van der Waals surface area contributed by atoms with E-state index in [-0.39, 0.29) is 18.9 Å². The molecule has 0 aliphatic carbocycles. The standard InChI is InChI=1S/C11H14N2O3S/c1-8-2-4-9(5-3-8)13-7-10(6-11(13)14)17(12,15)16/h2-5,10H,6-7H2,1H3,(H2,12,15,16). The minimum Gasteiger partial charge on any atom is -0.311 e. The number of carbonyl (C=O) groups is 1. The molecule has 0 aromatic heterocycles. The molecule has 1 atom stereocenters. The quantitative estimate of drug-likeness (QED) is 0.829. The number of rotatable bonds is 2. The third-order valence-electron chi connectivity index (χ3n) is 2.90. The minimum absolute atomic E-state index is 0.0350. The lowest BCUT2D eigenvalue weighted by atomic mass is 10.2.